The average molecular weight is 240 g/mol. The highest BCUT2D eigenvalue weighted by atomic mass is 32.1. The van der Waals surface area contributed by atoms with Crippen LogP contribution in [0.5, 0.6) is 5.75 Å². The predicted octanol–water partition coefficient (Wildman–Crippen LogP) is 3.64. The molecule has 0 aliphatic rings. The average Bonchev–Trinajstić information content (AvgIpc) is 2.06. The lowest BCUT2D eigenvalue weighted by Crippen LogP contribution is -2.14. The van der Waals surface area contributed by atoms with Crippen molar-refractivity contribution in [3.05, 3.63) is 23.8 Å². The van der Waals surface area contributed by atoms with Gasteiger partial charge in [0.2, 0.25) is 9.04 Å². The minimum absolute atomic E-state index is 0.165. The van der Waals surface area contributed by atoms with Crippen LogP contribution < -0.4 is 4.43 Å². The van der Waals surface area contributed by atoms with Gasteiger partial charge in [0.25, 0.3) is 0 Å². The van der Waals surface area contributed by atoms with Crippen LogP contribution in [-0.2, 0) is 5.41 Å². The molecule has 0 fully saturated rings. The monoisotopic (exact) mass is 240 g/mol. The first-order valence-corrected chi connectivity index (χ1v) is 8.53. The SMILES string of the molecule is C[SiH](C)Oc1cc(C(C)(C)C)ccc1S. The predicted molar refractivity (Wildman–Crippen MR) is 71.9 cm³/mol. The summed E-state index contributed by atoms with van der Waals surface area (Å²) in [6.07, 6.45) is 0. The summed E-state index contributed by atoms with van der Waals surface area (Å²) in [5.74, 6) is 0.937. The third-order valence-electron chi connectivity index (χ3n) is 2.19. The van der Waals surface area contributed by atoms with Gasteiger partial charge in [0.1, 0.15) is 5.75 Å². The maximum absolute atomic E-state index is 5.84. The van der Waals surface area contributed by atoms with Crippen LogP contribution in [0.3, 0.4) is 0 Å². The smallest absolute Gasteiger partial charge is 0.229 e. The van der Waals surface area contributed by atoms with Gasteiger partial charge in [-0.05, 0) is 36.2 Å². The quantitative estimate of drug-likeness (QED) is 0.613. The van der Waals surface area contributed by atoms with Crippen molar-refractivity contribution in [2.24, 2.45) is 0 Å². The van der Waals surface area contributed by atoms with Crippen molar-refractivity contribution in [1.29, 1.82) is 0 Å². The molecule has 0 saturated heterocycles. The van der Waals surface area contributed by atoms with E-state index in [0.29, 0.717) is 0 Å². The lowest BCUT2D eigenvalue weighted by atomic mass is 9.87. The highest BCUT2D eigenvalue weighted by Crippen LogP contribution is 2.30. The molecule has 3 heteroatoms. The van der Waals surface area contributed by atoms with Crippen LogP contribution in [0.2, 0.25) is 13.1 Å². The van der Waals surface area contributed by atoms with Crippen LogP contribution in [0.25, 0.3) is 0 Å². The third kappa shape index (κ3) is 3.58. The minimum Gasteiger partial charge on any atom is -0.546 e. The van der Waals surface area contributed by atoms with Gasteiger partial charge in [0.15, 0.2) is 0 Å². The Bertz CT molecular complexity index is 342. The zero-order chi connectivity index (χ0) is 11.6. The van der Waals surface area contributed by atoms with Crippen LogP contribution in [-0.4, -0.2) is 9.04 Å². The topological polar surface area (TPSA) is 9.23 Å². The Hall–Kier alpha value is -0.413. The van der Waals surface area contributed by atoms with E-state index in [1.807, 2.05) is 6.07 Å². The van der Waals surface area contributed by atoms with Crippen LogP contribution >= 0.6 is 12.6 Å². The summed E-state index contributed by atoms with van der Waals surface area (Å²) in [4.78, 5) is 0.934. The molecule has 1 aromatic rings. The van der Waals surface area contributed by atoms with Gasteiger partial charge in [0.05, 0.1) is 0 Å². The van der Waals surface area contributed by atoms with Gasteiger partial charge in [-0.1, -0.05) is 26.8 Å². The molecule has 0 aliphatic carbocycles. The Morgan fingerprint density at radius 2 is 1.80 bits per heavy atom. The number of hydrogen-bond donors (Lipinski definition) is 1. The fraction of sp³-hybridized carbons (Fsp3) is 0.500. The second kappa shape index (κ2) is 4.62. The zero-order valence-corrected chi connectivity index (χ0v) is 12.2. The Morgan fingerprint density at radius 1 is 1.20 bits per heavy atom. The normalized spacial score (nSPS) is 11.9. The summed E-state index contributed by atoms with van der Waals surface area (Å²) < 4.78 is 5.84. The molecule has 0 spiro atoms. The molecule has 15 heavy (non-hydrogen) atoms. The van der Waals surface area contributed by atoms with E-state index in [1.54, 1.807) is 0 Å². The second-order valence-corrected chi connectivity index (χ2v) is 7.91. The highest BCUT2D eigenvalue weighted by molar-refractivity contribution is 7.80. The lowest BCUT2D eigenvalue weighted by Gasteiger charge is -2.21. The zero-order valence-electron chi connectivity index (χ0n) is 10.2. The first-order valence-electron chi connectivity index (χ1n) is 5.31. The van der Waals surface area contributed by atoms with Gasteiger partial charge in [-0.2, -0.15) is 0 Å². The molecule has 0 bridgehead atoms. The van der Waals surface area contributed by atoms with E-state index in [0.717, 1.165) is 10.6 Å². The van der Waals surface area contributed by atoms with Crippen molar-refractivity contribution in [2.45, 2.75) is 44.2 Å². The van der Waals surface area contributed by atoms with Gasteiger partial charge in [-0.25, -0.2) is 0 Å². The van der Waals surface area contributed by atoms with E-state index >= 15 is 0 Å². The summed E-state index contributed by atoms with van der Waals surface area (Å²) in [6.45, 7) is 10.9. The second-order valence-electron chi connectivity index (χ2n) is 5.10. The fourth-order valence-corrected chi connectivity index (χ4v) is 2.32. The largest absolute Gasteiger partial charge is 0.546 e. The summed E-state index contributed by atoms with van der Waals surface area (Å²) in [7, 11) is -1.05. The molecule has 84 valence electrons. The first kappa shape index (κ1) is 12.7. The van der Waals surface area contributed by atoms with Gasteiger partial charge in [-0.3, -0.25) is 0 Å². The van der Waals surface area contributed by atoms with Crippen molar-refractivity contribution in [1.82, 2.24) is 0 Å². The number of benzene rings is 1. The molecule has 0 saturated carbocycles. The third-order valence-corrected chi connectivity index (χ3v) is 3.28. The van der Waals surface area contributed by atoms with Gasteiger partial charge < -0.3 is 4.43 Å². The number of rotatable bonds is 2. The summed E-state index contributed by atoms with van der Waals surface area (Å²) >= 11 is 4.41. The van der Waals surface area contributed by atoms with Crippen LogP contribution in [0.1, 0.15) is 26.3 Å². The molecule has 1 aromatic carbocycles. The molecule has 1 rings (SSSR count). The van der Waals surface area contributed by atoms with E-state index in [9.17, 15) is 0 Å². The number of hydrogen-bond acceptors (Lipinski definition) is 2. The van der Waals surface area contributed by atoms with E-state index in [2.05, 4.69) is 58.6 Å². The van der Waals surface area contributed by atoms with Crippen LogP contribution in [0.15, 0.2) is 23.1 Å². The van der Waals surface area contributed by atoms with Gasteiger partial charge in [-0.15, -0.1) is 12.6 Å². The molecule has 0 aliphatic heterocycles. The fourth-order valence-electron chi connectivity index (χ4n) is 1.33. The molecule has 0 atom stereocenters. The van der Waals surface area contributed by atoms with Crippen LogP contribution in [0, 0.1) is 0 Å². The number of thiol groups is 1. The Kier molecular flexibility index (Phi) is 3.90. The molecule has 0 aromatic heterocycles. The molecule has 1 nitrogen and oxygen atoms in total. The first-order chi connectivity index (χ1) is 6.80. The molecule has 0 radical (unpaired) electrons. The Balaban J connectivity index is 3.06. The van der Waals surface area contributed by atoms with E-state index in [-0.39, 0.29) is 5.41 Å². The van der Waals surface area contributed by atoms with Gasteiger partial charge >= 0.3 is 0 Å². The molecular weight excluding hydrogens is 220 g/mol. The summed E-state index contributed by atoms with van der Waals surface area (Å²) in [6, 6.07) is 6.27. The van der Waals surface area contributed by atoms with Crippen molar-refractivity contribution in [3.63, 3.8) is 0 Å². The summed E-state index contributed by atoms with van der Waals surface area (Å²) in [5, 5.41) is 0. The molecule has 0 amide bonds. The summed E-state index contributed by atoms with van der Waals surface area (Å²) in [5.41, 5.74) is 1.46. The van der Waals surface area contributed by atoms with E-state index < -0.39 is 9.04 Å². The molecule has 0 heterocycles. The van der Waals surface area contributed by atoms with Crippen molar-refractivity contribution in [2.75, 3.05) is 0 Å². The van der Waals surface area contributed by atoms with Gasteiger partial charge in [0, 0.05) is 4.90 Å². The van der Waals surface area contributed by atoms with E-state index in [1.165, 1.54) is 5.56 Å². The maximum Gasteiger partial charge on any atom is 0.229 e. The van der Waals surface area contributed by atoms with Crippen LogP contribution in [0.4, 0.5) is 0 Å². The molecule has 0 N–H and O–H groups in total. The maximum atomic E-state index is 5.84. The minimum atomic E-state index is -1.05. The highest BCUT2D eigenvalue weighted by Gasteiger charge is 2.15. The Morgan fingerprint density at radius 3 is 2.27 bits per heavy atom. The lowest BCUT2D eigenvalue weighted by molar-refractivity contribution is 0.549. The van der Waals surface area contributed by atoms with Crippen molar-refractivity contribution >= 4 is 21.7 Å². The standard InChI is InChI=1S/C12H20OSSi/c1-12(2,3)9-6-7-11(14)10(8-9)13-15(4)5/h6-8,14-15H,1-5H3. The van der Waals surface area contributed by atoms with Crippen molar-refractivity contribution < 1.29 is 4.43 Å². The molecular formula is C12H20OSSi. The Labute approximate surface area is 100.0 Å². The van der Waals surface area contributed by atoms with Crippen molar-refractivity contribution in [3.8, 4) is 5.75 Å². The molecule has 0 unspecified atom stereocenters. The van der Waals surface area contributed by atoms with E-state index in [4.69, 9.17) is 4.43 Å².